The lowest BCUT2D eigenvalue weighted by atomic mass is 10.1. The van der Waals surface area contributed by atoms with Gasteiger partial charge in [0.2, 0.25) is 16.9 Å². The topological polar surface area (TPSA) is 75.2 Å². The zero-order valence-electron chi connectivity index (χ0n) is 14.7. The molecule has 1 saturated heterocycles. The summed E-state index contributed by atoms with van der Waals surface area (Å²) < 4.78 is 0. The number of nitrogens with zero attached hydrogens (tertiary/aromatic N) is 3. The van der Waals surface area contributed by atoms with Crippen LogP contribution in [0.4, 0.5) is 10.8 Å². The third-order valence-corrected chi connectivity index (χ3v) is 4.95. The van der Waals surface area contributed by atoms with Crippen LogP contribution < -0.4 is 10.2 Å². The molecule has 0 bridgehead atoms. The Morgan fingerprint density at radius 1 is 1.40 bits per heavy atom. The molecule has 2 amide bonds. The Labute approximate surface area is 151 Å². The van der Waals surface area contributed by atoms with Crippen molar-refractivity contribution in [2.75, 3.05) is 16.8 Å². The van der Waals surface area contributed by atoms with E-state index >= 15 is 0 Å². The second kappa shape index (κ2) is 7.31. The lowest BCUT2D eigenvalue weighted by molar-refractivity contribution is -0.122. The Hall–Kier alpha value is -2.28. The van der Waals surface area contributed by atoms with Gasteiger partial charge in [-0.25, -0.2) is 0 Å². The first-order valence-corrected chi connectivity index (χ1v) is 9.24. The summed E-state index contributed by atoms with van der Waals surface area (Å²) in [6, 6.07) is 7.76. The smallest absolute Gasteiger partial charge is 0.231 e. The summed E-state index contributed by atoms with van der Waals surface area (Å²) >= 11 is 1.40. The van der Waals surface area contributed by atoms with Gasteiger partial charge in [0.15, 0.2) is 0 Å². The van der Waals surface area contributed by atoms with Crippen LogP contribution in [0.5, 0.6) is 0 Å². The molecule has 1 aliphatic heterocycles. The van der Waals surface area contributed by atoms with Crippen molar-refractivity contribution < 1.29 is 9.59 Å². The summed E-state index contributed by atoms with van der Waals surface area (Å²) in [5.41, 5.74) is 1.93. The summed E-state index contributed by atoms with van der Waals surface area (Å²) in [5.74, 6) is -0.0726. The molecule has 1 N–H and O–H groups in total. The van der Waals surface area contributed by atoms with Gasteiger partial charge in [0.25, 0.3) is 0 Å². The fourth-order valence-electron chi connectivity index (χ4n) is 2.87. The molecule has 132 valence electrons. The summed E-state index contributed by atoms with van der Waals surface area (Å²) in [4.78, 5) is 26.5. The van der Waals surface area contributed by atoms with E-state index in [2.05, 4.69) is 29.4 Å². The first kappa shape index (κ1) is 17.5. The quantitative estimate of drug-likeness (QED) is 0.891. The van der Waals surface area contributed by atoms with Crippen molar-refractivity contribution in [1.82, 2.24) is 10.2 Å². The number of nitrogens with one attached hydrogen (secondary N) is 1. The van der Waals surface area contributed by atoms with Crippen molar-refractivity contribution >= 4 is 34.0 Å². The number of anilines is 2. The van der Waals surface area contributed by atoms with Gasteiger partial charge in [0.1, 0.15) is 5.01 Å². The SMILES string of the molecule is Cc1cccc(N2CC(C(=O)Nc3nnc(CC(C)C)s3)CC2=O)c1. The molecule has 6 nitrogen and oxygen atoms in total. The van der Waals surface area contributed by atoms with Gasteiger partial charge in [-0.2, -0.15) is 0 Å². The van der Waals surface area contributed by atoms with E-state index in [4.69, 9.17) is 0 Å². The Morgan fingerprint density at radius 3 is 2.92 bits per heavy atom. The van der Waals surface area contributed by atoms with Crippen LogP contribution in [-0.2, 0) is 16.0 Å². The highest BCUT2D eigenvalue weighted by Crippen LogP contribution is 2.27. The van der Waals surface area contributed by atoms with Crippen molar-refractivity contribution in [3.05, 3.63) is 34.8 Å². The number of amides is 2. The van der Waals surface area contributed by atoms with Gasteiger partial charge >= 0.3 is 0 Å². The predicted octanol–water partition coefficient (Wildman–Crippen LogP) is 3.04. The zero-order chi connectivity index (χ0) is 18.0. The molecule has 0 radical (unpaired) electrons. The lowest BCUT2D eigenvalue weighted by Gasteiger charge is -2.17. The maximum atomic E-state index is 12.5. The first-order valence-electron chi connectivity index (χ1n) is 8.42. The van der Waals surface area contributed by atoms with E-state index in [0.717, 1.165) is 22.7 Å². The van der Waals surface area contributed by atoms with E-state index in [1.807, 2.05) is 31.2 Å². The predicted molar refractivity (Wildman–Crippen MR) is 98.7 cm³/mol. The third kappa shape index (κ3) is 4.22. The minimum atomic E-state index is -0.370. The standard InChI is InChI=1S/C18H22N4O2S/c1-11(2)7-15-20-21-18(25-15)19-17(24)13-9-16(23)22(10-13)14-6-4-5-12(3)8-14/h4-6,8,11,13H,7,9-10H2,1-3H3,(H,19,21,24). The molecule has 0 spiro atoms. The summed E-state index contributed by atoms with van der Waals surface area (Å²) in [7, 11) is 0. The molecular formula is C18H22N4O2S. The fraction of sp³-hybridized carbons (Fsp3) is 0.444. The number of hydrogen-bond acceptors (Lipinski definition) is 5. The lowest BCUT2D eigenvalue weighted by Crippen LogP contribution is -2.28. The van der Waals surface area contributed by atoms with Crippen LogP contribution in [0.3, 0.4) is 0 Å². The van der Waals surface area contributed by atoms with Crippen LogP contribution in [0.15, 0.2) is 24.3 Å². The fourth-order valence-corrected chi connectivity index (χ4v) is 3.83. The number of aromatic nitrogens is 2. The van der Waals surface area contributed by atoms with Gasteiger partial charge in [-0.1, -0.05) is 37.3 Å². The highest BCUT2D eigenvalue weighted by molar-refractivity contribution is 7.15. The first-order chi connectivity index (χ1) is 11.9. The summed E-state index contributed by atoms with van der Waals surface area (Å²) in [6.45, 7) is 6.61. The largest absolute Gasteiger partial charge is 0.312 e. The second-order valence-corrected chi connectivity index (χ2v) is 7.89. The molecule has 0 aliphatic carbocycles. The monoisotopic (exact) mass is 358 g/mol. The number of hydrogen-bond donors (Lipinski definition) is 1. The Kier molecular flexibility index (Phi) is 5.13. The van der Waals surface area contributed by atoms with Crippen molar-refractivity contribution in [1.29, 1.82) is 0 Å². The molecule has 1 unspecified atom stereocenters. The van der Waals surface area contributed by atoms with Crippen molar-refractivity contribution in [3.8, 4) is 0 Å². The Balaban J connectivity index is 1.63. The highest BCUT2D eigenvalue weighted by Gasteiger charge is 2.35. The summed E-state index contributed by atoms with van der Waals surface area (Å²) in [6.07, 6.45) is 1.06. The number of carbonyl (C=O) groups excluding carboxylic acids is 2. The van der Waals surface area contributed by atoms with Gasteiger partial charge in [0.05, 0.1) is 5.92 Å². The van der Waals surface area contributed by atoms with Crippen LogP contribution >= 0.6 is 11.3 Å². The molecule has 2 aromatic rings. The minimum Gasteiger partial charge on any atom is -0.312 e. The minimum absolute atomic E-state index is 0.0245. The van der Waals surface area contributed by atoms with E-state index in [-0.39, 0.29) is 24.2 Å². The average Bonchev–Trinajstić information content (AvgIpc) is 3.13. The van der Waals surface area contributed by atoms with Gasteiger partial charge in [-0.05, 0) is 30.5 Å². The second-order valence-electron chi connectivity index (χ2n) is 6.83. The Bertz CT molecular complexity index is 787. The number of rotatable bonds is 5. The van der Waals surface area contributed by atoms with Gasteiger partial charge in [-0.15, -0.1) is 10.2 Å². The third-order valence-electron chi connectivity index (χ3n) is 4.09. The highest BCUT2D eigenvalue weighted by atomic mass is 32.1. The Morgan fingerprint density at radius 2 is 2.20 bits per heavy atom. The maximum Gasteiger partial charge on any atom is 0.231 e. The molecule has 1 fully saturated rings. The average molecular weight is 358 g/mol. The van der Waals surface area contributed by atoms with Crippen molar-refractivity contribution in [3.63, 3.8) is 0 Å². The van der Waals surface area contributed by atoms with Crippen molar-refractivity contribution in [2.24, 2.45) is 11.8 Å². The van der Waals surface area contributed by atoms with Gasteiger partial charge < -0.3 is 10.2 Å². The number of benzene rings is 1. The van der Waals surface area contributed by atoms with E-state index in [1.165, 1.54) is 11.3 Å². The van der Waals surface area contributed by atoms with Crippen LogP contribution in [0.25, 0.3) is 0 Å². The molecule has 1 aromatic carbocycles. The normalized spacial score (nSPS) is 17.4. The summed E-state index contributed by atoms with van der Waals surface area (Å²) in [5, 5.41) is 12.3. The molecular weight excluding hydrogens is 336 g/mol. The molecule has 25 heavy (non-hydrogen) atoms. The zero-order valence-corrected chi connectivity index (χ0v) is 15.5. The maximum absolute atomic E-state index is 12.5. The van der Waals surface area contributed by atoms with E-state index < -0.39 is 0 Å². The van der Waals surface area contributed by atoms with E-state index in [0.29, 0.717) is 17.6 Å². The van der Waals surface area contributed by atoms with Crippen molar-refractivity contribution in [2.45, 2.75) is 33.6 Å². The number of carbonyl (C=O) groups is 2. The van der Waals surface area contributed by atoms with Gasteiger partial charge in [0, 0.05) is 25.1 Å². The van der Waals surface area contributed by atoms with Crippen LogP contribution in [0.1, 0.15) is 30.8 Å². The van der Waals surface area contributed by atoms with E-state index in [9.17, 15) is 9.59 Å². The van der Waals surface area contributed by atoms with Crippen LogP contribution in [-0.4, -0.2) is 28.6 Å². The molecule has 0 saturated carbocycles. The number of aryl methyl sites for hydroxylation is 1. The molecule has 1 atom stereocenters. The molecule has 2 heterocycles. The van der Waals surface area contributed by atoms with Crippen LogP contribution in [0, 0.1) is 18.8 Å². The molecule has 1 aliphatic rings. The molecule has 7 heteroatoms. The molecule has 1 aromatic heterocycles. The van der Waals surface area contributed by atoms with Gasteiger partial charge in [-0.3, -0.25) is 9.59 Å². The van der Waals surface area contributed by atoms with Crippen LogP contribution in [0.2, 0.25) is 0 Å². The van der Waals surface area contributed by atoms with E-state index in [1.54, 1.807) is 4.90 Å². The molecule has 3 rings (SSSR count).